The second kappa shape index (κ2) is 3.87. The predicted molar refractivity (Wildman–Crippen MR) is 63.5 cm³/mol. The second-order valence-electron chi connectivity index (χ2n) is 3.43. The van der Waals surface area contributed by atoms with Gasteiger partial charge in [-0.05, 0) is 26.0 Å². The lowest BCUT2D eigenvalue weighted by Gasteiger charge is -2.04. The quantitative estimate of drug-likeness (QED) is 0.803. The van der Waals surface area contributed by atoms with Crippen LogP contribution >= 0.6 is 23.2 Å². The lowest BCUT2D eigenvalue weighted by molar-refractivity contribution is 1.02. The third kappa shape index (κ3) is 1.87. The van der Waals surface area contributed by atoms with Gasteiger partial charge in [0, 0.05) is 21.8 Å². The molecule has 2 nitrogen and oxygen atoms in total. The molecule has 2 rings (SSSR count). The minimum atomic E-state index is 0.641. The van der Waals surface area contributed by atoms with Crippen LogP contribution in [0.4, 0.5) is 0 Å². The zero-order valence-corrected chi connectivity index (χ0v) is 9.95. The molecular formula is C11H10Cl2N2. The number of aromatic nitrogens is 2. The fourth-order valence-electron chi connectivity index (χ4n) is 1.64. The summed E-state index contributed by atoms with van der Waals surface area (Å²) in [6.45, 7) is 3.92. The van der Waals surface area contributed by atoms with Gasteiger partial charge in [-0.1, -0.05) is 29.3 Å². The molecule has 0 aliphatic heterocycles. The summed E-state index contributed by atoms with van der Waals surface area (Å²) < 4.78 is 0. The standard InChI is InChI=1S/C11H10Cl2N2/c1-6-11(7(2)15-14-6)9-4-3-8(12)5-10(9)13/h3-5H,1-2H3,(H,14,15). The Morgan fingerprint density at radius 2 is 1.93 bits per heavy atom. The number of aryl methyl sites for hydroxylation is 2. The third-order valence-corrected chi connectivity index (χ3v) is 2.88. The first-order chi connectivity index (χ1) is 7.09. The van der Waals surface area contributed by atoms with E-state index in [1.54, 1.807) is 6.07 Å². The molecule has 4 heteroatoms. The fraction of sp³-hybridized carbons (Fsp3) is 0.182. The molecule has 78 valence electrons. The number of benzene rings is 1. The van der Waals surface area contributed by atoms with Crippen molar-refractivity contribution in [3.63, 3.8) is 0 Å². The molecule has 0 radical (unpaired) electrons. The van der Waals surface area contributed by atoms with E-state index in [4.69, 9.17) is 23.2 Å². The summed E-state index contributed by atoms with van der Waals surface area (Å²) in [6, 6.07) is 5.48. The van der Waals surface area contributed by atoms with Gasteiger partial charge in [0.1, 0.15) is 0 Å². The monoisotopic (exact) mass is 240 g/mol. The van der Waals surface area contributed by atoms with Gasteiger partial charge in [-0.25, -0.2) is 0 Å². The minimum Gasteiger partial charge on any atom is -0.282 e. The van der Waals surface area contributed by atoms with Crippen molar-refractivity contribution in [1.82, 2.24) is 10.2 Å². The van der Waals surface area contributed by atoms with Crippen molar-refractivity contribution in [2.45, 2.75) is 13.8 Å². The summed E-state index contributed by atoms with van der Waals surface area (Å²) in [7, 11) is 0. The number of rotatable bonds is 1. The molecular weight excluding hydrogens is 231 g/mol. The topological polar surface area (TPSA) is 28.7 Å². The SMILES string of the molecule is Cc1n[nH]c(C)c1-c1ccc(Cl)cc1Cl. The van der Waals surface area contributed by atoms with Crippen LogP contribution in [-0.2, 0) is 0 Å². The van der Waals surface area contributed by atoms with E-state index < -0.39 is 0 Å². The van der Waals surface area contributed by atoms with Gasteiger partial charge in [-0.2, -0.15) is 5.10 Å². The van der Waals surface area contributed by atoms with Crippen LogP contribution in [0.5, 0.6) is 0 Å². The summed E-state index contributed by atoms with van der Waals surface area (Å²) in [5.41, 5.74) is 3.97. The summed E-state index contributed by atoms with van der Waals surface area (Å²) in [5, 5.41) is 8.36. The van der Waals surface area contributed by atoms with Gasteiger partial charge in [0.2, 0.25) is 0 Å². The Morgan fingerprint density at radius 3 is 2.47 bits per heavy atom. The molecule has 0 aliphatic carbocycles. The maximum Gasteiger partial charge on any atom is 0.0672 e. The number of nitrogens with zero attached hydrogens (tertiary/aromatic N) is 1. The highest BCUT2D eigenvalue weighted by molar-refractivity contribution is 6.36. The number of hydrogen-bond donors (Lipinski definition) is 1. The first kappa shape index (κ1) is 10.5. The molecule has 15 heavy (non-hydrogen) atoms. The zero-order valence-electron chi connectivity index (χ0n) is 8.44. The van der Waals surface area contributed by atoms with Crippen LogP contribution in [0.15, 0.2) is 18.2 Å². The number of nitrogens with one attached hydrogen (secondary N) is 1. The Kier molecular flexibility index (Phi) is 2.72. The Morgan fingerprint density at radius 1 is 1.20 bits per heavy atom. The summed E-state index contributed by atoms with van der Waals surface area (Å²) in [6.07, 6.45) is 0. The molecule has 2 aromatic rings. The average molecular weight is 241 g/mol. The van der Waals surface area contributed by atoms with E-state index in [9.17, 15) is 0 Å². The highest BCUT2D eigenvalue weighted by Crippen LogP contribution is 2.33. The van der Waals surface area contributed by atoms with Gasteiger partial charge in [0.05, 0.1) is 10.7 Å². The van der Waals surface area contributed by atoms with Crippen molar-refractivity contribution >= 4 is 23.2 Å². The number of halogens is 2. The van der Waals surface area contributed by atoms with Crippen molar-refractivity contribution in [2.75, 3.05) is 0 Å². The smallest absolute Gasteiger partial charge is 0.0672 e. The van der Waals surface area contributed by atoms with Gasteiger partial charge < -0.3 is 0 Å². The first-order valence-electron chi connectivity index (χ1n) is 4.56. The largest absolute Gasteiger partial charge is 0.282 e. The van der Waals surface area contributed by atoms with Gasteiger partial charge in [-0.15, -0.1) is 0 Å². The first-order valence-corrected chi connectivity index (χ1v) is 5.32. The molecule has 1 aromatic heterocycles. The van der Waals surface area contributed by atoms with Crippen LogP contribution in [0.1, 0.15) is 11.4 Å². The minimum absolute atomic E-state index is 0.641. The van der Waals surface area contributed by atoms with Crippen LogP contribution in [-0.4, -0.2) is 10.2 Å². The fourth-order valence-corrected chi connectivity index (χ4v) is 2.14. The Bertz CT molecular complexity index is 484. The molecule has 0 saturated heterocycles. The Balaban J connectivity index is 2.64. The van der Waals surface area contributed by atoms with Crippen LogP contribution in [0.25, 0.3) is 11.1 Å². The normalized spacial score (nSPS) is 10.7. The summed E-state index contributed by atoms with van der Waals surface area (Å²) in [5.74, 6) is 0. The van der Waals surface area contributed by atoms with Crippen LogP contribution in [0.3, 0.4) is 0 Å². The van der Waals surface area contributed by atoms with E-state index in [-0.39, 0.29) is 0 Å². The van der Waals surface area contributed by atoms with Crippen molar-refractivity contribution < 1.29 is 0 Å². The van der Waals surface area contributed by atoms with Crippen LogP contribution < -0.4 is 0 Å². The number of hydrogen-bond acceptors (Lipinski definition) is 1. The van der Waals surface area contributed by atoms with E-state index in [2.05, 4.69) is 10.2 Å². The maximum absolute atomic E-state index is 6.14. The molecule has 0 spiro atoms. The molecule has 0 atom stereocenters. The molecule has 0 amide bonds. The Hall–Kier alpha value is -0.990. The zero-order chi connectivity index (χ0) is 11.0. The van der Waals surface area contributed by atoms with Crippen molar-refractivity contribution in [2.24, 2.45) is 0 Å². The lowest BCUT2D eigenvalue weighted by Crippen LogP contribution is -1.83. The predicted octanol–water partition coefficient (Wildman–Crippen LogP) is 4.00. The van der Waals surface area contributed by atoms with Gasteiger partial charge in [0.25, 0.3) is 0 Å². The second-order valence-corrected chi connectivity index (χ2v) is 4.28. The Labute approximate surface area is 98.2 Å². The highest BCUT2D eigenvalue weighted by Gasteiger charge is 2.12. The van der Waals surface area contributed by atoms with E-state index in [0.717, 1.165) is 22.5 Å². The van der Waals surface area contributed by atoms with Gasteiger partial charge >= 0.3 is 0 Å². The maximum atomic E-state index is 6.14. The van der Waals surface area contributed by atoms with E-state index in [1.165, 1.54) is 0 Å². The van der Waals surface area contributed by atoms with Crippen LogP contribution in [0.2, 0.25) is 10.0 Å². The molecule has 0 saturated carbocycles. The lowest BCUT2D eigenvalue weighted by atomic mass is 10.0. The third-order valence-electron chi connectivity index (χ3n) is 2.33. The van der Waals surface area contributed by atoms with Crippen molar-refractivity contribution in [3.8, 4) is 11.1 Å². The van der Waals surface area contributed by atoms with E-state index >= 15 is 0 Å². The van der Waals surface area contributed by atoms with Crippen LogP contribution in [0, 0.1) is 13.8 Å². The van der Waals surface area contributed by atoms with Gasteiger partial charge in [0.15, 0.2) is 0 Å². The highest BCUT2D eigenvalue weighted by atomic mass is 35.5. The molecule has 0 aliphatic rings. The van der Waals surface area contributed by atoms with Crippen molar-refractivity contribution in [1.29, 1.82) is 0 Å². The molecule has 1 aromatic carbocycles. The summed E-state index contributed by atoms with van der Waals surface area (Å²) >= 11 is 12.0. The molecule has 1 N–H and O–H groups in total. The number of aromatic amines is 1. The number of H-pyrrole nitrogens is 1. The van der Waals surface area contributed by atoms with Crippen molar-refractivity contribution in [3.05, 3.63) is 39.6 Å². The molecule has 0 unspecified atom stereocenters. The van der Waals surface area contributed by atoms with E-state index in [0.29, 0.717) is 10.0 Å². The van der Waals surface area contributed by atoms with E-state index in [1.807, 2.05) is 26.0 Å². The molecule has 1 heterocycles. The average Bonchev–Trinajstić information content (AvgIpc) is 2.48. The molecule has 0 bridgehead atoms. The van der Waals surface area contributed by atoms with Gasteiger partial charge in [-0.3, -0.25) is 5.10 Å². The summed E-state index contributed by atoms with van der Waals surface area (Å²) in [4.78, 5) is 0. The molecule has 0 fully saturated rings.